The van der Waals surface area contributed by atoms with Crippen LogP contribution in [0, 0.1) is 23.5 Å². The van der Waals surface area contributed by atoms with Gasteiger partial charge in [0, 0.05) is 19.0 Å². The third-order valence-corrected chi connectivity index (χ3v) is 3.82. The lowest BCUT2D eigenvalue weighted by Gasteiger charge is -2.09. The molecule has 0 bridgehead atoms. The molecule has 0 fully saturated rings. The van der Waals surface area contributed by atoms with Crippen molar-refractivity contribution >= 4 is 10.0 Å². The van der Waals surface area contributed by atoms with Crippen molar-refractivity contribution in [2.45, 2.75) is 24.7 Å². The first-order valence-corrected chi connectivity index (χ1v) is 7.49. The van der Waals surface area contributed by atoms with Gasteiger partial charge in [0.2, 0.25) is 10.0 Å². The Labute approximate surface area is 116 Å². The van der Waals surface area contributed by atoms with E-state index in [1.54, 1.807) is 6.92 Å². The first kappa shape index (κ1) is 16.6. The lowest BCUT2D eigenvalue weighted by molar-refractivity contribution is 0.305. The number of sulfonamides is 1. The molecule has 0 unspecified atom stereocenters. The summed E-state index contributed by atoms with van der Waals surface area (Å²) in [5.41, 5.74) is -0.264. The van der Waals surface area contributed by atoms with E-state index in [9.17, 15) is 17.2 Å². The Morgan fingerprint density at radius 1 is 1.35 bits per heavy atom. The number of benzene rings is 1. The van der Waals surface area contributed by atoms with Gasteiger partial charge >= 0.3 is 0 Å². The first-order valence-electron chi connectivity index (χ1n) is 6.00. The van der Waals surface area contributed by atoms with Crippen molar-refractivity contribution in [1.82, 2.24) is 4.72 Å². The molecule has 1 rings (SSSR count). The van der Waals surface area contributed by atoms with E-state index < -0.39 is 26.6 Å². The van der Waals surface area contributed by atoms with Crippen LogP contribution in [0.15, 0.2) is 17.0 Å². The summed E-state index contributed by atoms with van der Waals surface area (Å²) < 4.78 is 53.1. The summed E-state index contributed by atoms with van der Waals surface area (Å²) in [5.74, 6) is 2.71. The monoisotopic (exact) mass is 303 g/mol. The van der Waals surface area contributed by atoms with E-state index in [4.69, 9.17) is 5.11 Å². The summed E-state index contributed by atoms with van der Waals surface area (Å²) in [5, 5.41) is 8.62. The van der Waals surface area contributed by atoms with Crippen LogP contribution in [0.1, 0.15) is 25.3 Å². The van der Waals surface area contributed by atoms with Gasteiger partial charge in [-0.05, 0) is 12.5 Å². The minimum absolute atomic E-state index is 0.0833. The zero-order valence-electron chi connectivity index (χ0n) is 10.9. The predicted octanol–water partition coefficient (Wildman–Crippen LogP) is 1.39. The van der Waals surface area contributed by atoms with Gasteiger partial charge < -0.3 is 5.11 Å². The Bertz CT molecular complexity index is 633. The second-order valence-electron chi connectivity index (χ2n) is 3.94. The number of hydrogen-bond donors (Lipinski definition) is 2. The third-order valence-electron chi connectivity index (χ3n) is 2.28. The normalized spacial score (nSPS) is 11.0. The van der Waals surface area contributed by atoms with Crippen molar-refractivity contribution in [3.63, 3.8) is 0 Å². The maximum Gasteiger partial charge on any atom is 0.244 e. The fourth-order valence-electron chi connectivity index (χ4n) is 1.45. The highest BCUT2D eigenvalue weighted by Crippen LogP contribution is 2.20. The molecule has 4 nitrogen and oxygen atoms in total. The Morgan fingerprint density at radius 2 is 2.05 bits per heavy atom. The van der Waals surface area contributed by atoms with Crippen LogP contribution < -0.4 is 4.72 Å². The summed E-state index contributed by atoms with van der Waals surface area (Å²) in [6.45, 7) is 1.68. The first-order chi connectivity index (χ1) is 9.42. The zero-order chi connectivity index (χ0) is 15.2. The lowest BCUT2D eigenvalue weighted by Crippen LogP contribution is -2.26. The molecule has 0 heterocycles. The molecule has 0 saturated carbocycles. The quantitative estimate of drug-likeness (QED) is 0.808. The lowest BCUT2D eigenvalue weighted by atomic mass is 10.2. The number of hydrogen-bond acceptors (Lipinski definition) is 3. The maximum absolute atomic E-state index is 13.8. The average Bonchev–Trinajstić information content (AvgIpc) is 2.35. The van der Waals surface area contributed by atoms with Crippen molar-refractivity contribution in [3.05, 3.63) is 29.3 Å². The molecule has 0 radical (unpaired) electrons. The molecule has 0 spiro atoms. The second kappa shape index (κ2) is 7.33. The van der Waals surface area contributed by atoms with E-state index >= 15 is 0 Å². The summed E-state index contributed by atoms with van der Waals surface area (Å²) >= 11 is 0. The summed E-state index contributed by atoms with van der Waals surface area (Å²) in [4.78, 5) is -0.669. The number of aliphatic hydroxyl groups is 1. The van der Waals surface area contributed by atoms with Crippen molar-refractivity contribution in [1.29, 1.82) is 0 Å². The minimum Gasteiger partial charge on any atom is -0.395 e. The third kappa shape index (κ3) is 4.27. The largest absolute Gasteiger partial charge is 0.395 e. The van der Waals surface area contributed by atoms with E-state index in [2.05, 4.69) is 16.6 Å². The molecule has 0 aliphatic carbocycles. The van der Waals surface area contributed by atoms with E-state index in [1.165, 1.54) is 0 Å². The van der Waals surface area contributed by atoms with Gasteiger partial charge in [-0.1, -0.05) is 18.8 Å². The molecule has 0 atom stereocenters. The topological polar surface area (TPSA) is 66.4 Å². The maximum atomic E-state index is 13.8. The molecule has 1 aromatic carbocycles. The van der Waals surface area contributed by atoms with Crippen LogP contribution in [0.3, 0.4) is 0 Å². The van der Waals surface area contributed by atoms with Gasteiger partial charge in [0.1, 0.15) is 16.5 Å². The van der Waals surface area contributed by atoms with E-state index in [-0.39, 0.29) is 25.1 Å². The Balaban J connectivity index is 3.34. The fraction of sp³-hybridized carbons (Fsp3) is 0.385. The van der Waals surface area contributed by atoms with Gasteiger partial charge in [0.25, 0.3) is 0 Å². The molecule has 0 aliphatic heterocycles. The SMILES string of the molecule is CCCNS(=O)(=O)c1c(F)cc(F)cc1C#CCCO. The van der Waals surface area contributed by atoms with E-state index in [0.717, 1.165) is 6.07 Å². The molecule has 2 N–H and O–H groups in total. The molecule has 0 saturated heterocycles. The van der Waals surface area contributed by atoms with Gasteiger partial charge in [0.15, 0.2) is 0 Å². The summed E-state index contributed by atoms with van der Waals surface area (Å²) in [6, 6.07) is 1.35. The molecule has 0 aliphatic rings. The van der Waals surface area contributed by atoms with Crippen molar-refractivity contribution in [2.75, 3.05) is 13.2 Å². The molecular weight excluding hydrogens is 288 g/mol. The summed E-state index contributed by atoms with van der Waals surface area (Å²) in [7, 11) is -4.09. The standard InChI is InChI=1S/C13H15F2NO3S/c1-2-6-16-20(18,19)13-10(5-3-4-7-17)8-11(14)9-12(13)15/h8-9,16-17H,2,4,6-7H2,1H3. The Hall–Kier alpha value is -1.49. The highest BCUT2D eigenvalue weighted by Gasteiger charge is 2.23. The zero-order valence-corrected chi connectivity index (χ0v) is 11.7. The number of nitrogens with one attached hydrogen (secondary N) is 1. The highest BCUT2D eigenvalue weighted by molar-refractivity contribution is 7.89. The van der Waals surface area contributed by atoms with Crippen LogP contribution in [0.4, 0.5) is 8.78 Å². The van der Waals surface area contributed by atoms with E-state index in [0.29, 0.717) is 12.5 Å². The predicted molar refractivity (Wildman–Crippen MR) is 70.4 cm³/mol. The second-order valence-corrected chi connectivity index (χ2v) is 5.64. The number of halogens is 2. The van der Waals surface area contributed by atoms with Crippen LogP contribution >= 0.6 is 0 Å². The van der Waals surface area contributed by atoms with Gasteiger partial charge in [0.05, 0.1) is 12.2 Å². The van der Waals surface area contributed by atoms with E-state index in [1.807, 2.05) is 0 Å². The van der Waals surface area contributed by atoms with Crippen LogP contribution in [0.25, 0.3) is 0 Å². The molecule has 7 heteroatoms. The molecule has 20 heavy (non-hydrogen) atoms. The van der Waals surface area contributed by atoms with Gasteiger partial charge in [-0.3, -0.25) is 0 Å². The smallest absolute Gasteiger partial charge is 0.244 e. The van der Waals surface area contributed by atoms with Crippen LogP contribution in [0.2, 0.25) is 0 Å². The van der Waals surface area contributed by atoms with Crippen LogP contribution in [-0.4, -0.2) is 26.7 Å². The summed E-state index contributed by atoms with van der Waals surface area (Å²) in [6.07, 6.45) is 0.619. The van der Waals surface area contributed by atoms with Crippen molar-refractivity contribution in [2.24, 2.45) is 0 Å². The number of aliphatic hydroxyl groups excluding tert-OH is 1. The molecule has 1 aromatic rings. The Morgan fingerprint density at radius 3 is 2.65 bits per heavy atom. The Kier molecular flexibility index (Phi) is 6.07. The average molecular weight is 303 g/mol. The van der Waals surface area contributed by atoms with Crippen molar-refractivity contribution in [3.8, 4) is 11.8 Å². The minimum atomic E-state index is -4.09. The number of rotatable bonds is 5. The molecule has 0 amide bonds. The molecule has 0 aromatic heterocycles. The van der Waals surface area contributed by atoms with Gasteiger partial charge in [-0.15, -0.1) is 0 Å². The van der Waals surface area contributed by atoms with Crippen LogP contribution in [-0.2, 0) is 10.0 Å². The van der Waals surface area contributed by atoms with Gasteiger partial charge in [-0.25, -0.2) is 21.9 Å². The fourth-order valence-corrected chi connectivity index (χ4v) is 2.78. The highest BCUT2D eigenvalue weighted by atomic mass is 32.2. The van der Waals surface area contributed by atoms with Crippen molar-refractivity contribution < 1.29 is 22.3 Å². The van der Waals surface area contributed by atoms with Crippen LogP contribution in [0.5, 0.6) is 0 Å². The van der Waals surface area contributed by atoms with Gasteiger partial charge in [-0.2, -0.15) is 0 Å². The molecule has 110 valence electrons. The molecular formula is C13H15F2NO3S.